The fraction of sp³-hybridized carbons (Fsp3) is 0.368. The van der Waals surface area contributed by atoms with Gasteiger partial charge in [0.05, 0.1) is 6.04 Å². The molecule has 2 aromatic rings. The zero-order valence-corrected chi connectivity index (χ0v) is 16.7. The standard InChI is InChI=1S/C17H19FN4O3.C2HF3O2/c1-22-8-2-3-12(22)15-20-13(14(23)17(25)21-15)16(24)19-9-10-4-6-11(18)7-5-10;3-2(4,5)1(6)7/h4-7,12,23H,2-3,8-9H2,1H3,(H,19,24)(H,20,21,25);(H,6,7). The largest absolute Gasteiger partial charge is 0.501 e. The number of halogens is 4. The van der Waals surface area contributed by atoms with Gasteiger partial charge in [0.25, 0.3) is 11.5 Å². The first-order valence-electron chi connectivity index (χ1n) is 9.26. The SMILES string of the molecule is CN1CCCC1c1nc(C(=O)NCc2ccc(F)cc2)c(O)c(=O)[nH]1.O=C(O)C(F)(F)F. The van der Waals surface area contributed by atoms with E-state index in [1.807, 2.05) is 11.9 Å². The van der Waals surface area contributed by atoms with Gasteiger partial charge in [-0.15, -0.1) is 0 Å². The van der Waals surface area contributed by atoms with E-state index in [1.165, 1.54) is 12.1 Å². The van der Waals surface area contributed by atoms with Crippen LogP contribution >= 0.6 is 0 Å². The van der Waals surface area contributed by atoms with Crippen LogP contribution in [0.4, 0.5) is 17.6 Å². The van der Waals surface area contributed by atoms with Crippen molar-refractivity contribution >= 4 is 11.9 Å². The molecule has 0 aliphatic carbocycles. The second kappa shape index (κ2) is 10.2. The summed E-state index contributed by atoms with van der Waals surface area (Å²) in [5, 5.41) is 19.6. The molecule has 1 aromatic carbocycles. The minimum atomic E-state index is -5.08. The zero-order chi connectivity index (χ0) is 24.1. The van der Waals surface area contributed by atoms with E-state index in [0.717, 1.165) is 19.4 Å². The third kappa shape index (κ3) is 6.51. The van der Waals surface area contributed by atoms with E-state index in [4.69, 9.17) is 9.90 Å². The molecule has 32 heavy (non-hydrogen) atoms. The van der Waals surface area contributed by atoms with Gasteiger partial charge in [-0.05, 0) is 44.1 Å². The number of hydrogen-bond donors (Lipinski definition) is 4. The summed E-state index contributed by atoms with van der Waals surface area (Å²) in [7, 11) is 1.92. The highest BCUT2D eigenvalue weighted by molar-refractivity contribution is 5.94. The topological polar surface area (TPSA) is 136 Å². The van der Waals surface area contributed by atoms with Crippen LogP contribution in [0.25, 0.3) is 0 Å². The van der Waals surface area contributed by atoms with Gasteiger partial charge in [-0.25, -0.2) is 14.2 Å². The Balaban J connectivity index is 0.000000451. The summed E-state index contributed by atoms with van der Waals surface area (Å²) in [6.07, 6.45) is -3.29. The van der Waals surface area contributed by atoms with Gasteiger partial charge in [-0.2, -0.15) is 13.2 Å². The van der Waals surface area contributed by atoms with Gasteiger partial charge < -0.3 is 20.5 Å². The summed E-state index contributed by atoms with van der Waals surface area (Å²) < 4.78 is 44.6. The van der Waals surface area contributed by atoms with Crippen molar-refractivity contribution in [2.24, 2.45) is 0 Å². The van der Waals surface area contributed by atoms with Crippen molar-refractivity contribution in [3.05, 3.63) is 57.5 Å². The molecule has 2 heterocycles. The number of carbonyl (C=O) groups is 2. The molecule has 1 aliphatic rings. The molecule has 1 aliphatic heterocycles. The molecular formula is C19H20F4N4O5. The summed E-state index contributed by atoms with van der Waals surface area (Å²) in [5.74, 6) is -4.12. The van der Waals surface area contributed by atoms with Crippen molar-refractivity contribution < 1.29 is 37.4 Å². The molecule has 1 aromatic heterocycles. The maximum Gasteiger partial charge on any atom is 0.490 e. The predicted molar refractivity (Wildman–Crippen MR) is 102 cm³/mol. The first kappa shape index (κ1) is 24.8. The fourth-order valence-electron chi connectivity index (χ4n) is 2.92. The van der Waals surface area contributed by atoms with E-state index < -0.39 is 29.4 Å². The lowest BCUT2D eigenvalue weighted by Gasteiger charge is -2.19. The van der Waals surface area contributed by atoms with Crippen LogP contribution in [0.5, 0.6) is 5.75 Å². The zero-order valence-electron chi connectivity index (χ0n) is 16.7. The van der Waals surface area contributed by atoms with Crippen LogP contribution in [-0.4, -0.2) is 56.7 Å². The number of carbonyl (C=O) groups excluding carboxylic acids is 1. The van der Waals surface area contributed by atoms with Gasteiger partial charge in [0.2, 0.25) is 5.75 Å². The molecule has 1 unspecified atom stereocenters. The Morgan fingerprint density at radius 2 is 1.88 bits per heavy atom. The monoisotopic (exact) mass is 460 g/mol. The van der Waals surface area contributed by atoms with Gasteiger partial charge >= 0.3 is 12.1 Å². The van der Waals surface area contributed by atoms with E-state index in [9.17, 15) is 32.3 Å². The number of likely N-dealkylation sites (tertiary alicyclic amines) is 1. The number of benzene rings is 1. The lowest BCUT2D eigenvalue weighted by molar-refractivity contribution is -0.192. The molecule has 4 N–H and O–H groups in total. The number of carboxylic acid groups (broad SMARTS) is 1. The van der Waals surface area contributed by atoms with E-state index in [2.05, 4.69) is 15.3 Å². The Hall–Kier alpha value is -3.48. The lowest BCUT2D eigenvalue weighted by atomic mass is 10.2. The minimum absolute atomic E-state index is 0.0862. The van der Waals surface area contributed by atoms with Gasteiger partial charge in [0, 0.05) is 6.54 Å². The van der Waals surface area contributed by atoms with Crippen molar-refractivity contribution in [2.75, 3.05) is 13.6 Å². The number of nitrogens with one attached hydrogen (secondary N) is 2. The first-order chi connectivity index (χ1) is 14.9. The van der Waals surface area contributed by atoms with Gasteiger partial charge in [-0.1, -0.05) is 12.1 Å². The number of nitrogens with zero attached hydrogens (tertiary/aromatic N) is 2. The molecule has 0 radical (unpaired) electrons. The number of aromatic hydroxyl groups is 1. The van der Waals surface area contributed by atoms with Crippen molar-refractivity contribution in [1.82, 2.24) is 20.2 Å². The molecular weight excluding hydrogens is 440 g/mol. The number of amides is 1. The highest BCUT2D eigenvalue weighted by Crippen LogP contribution is 2.28. The highest BCUT2D eigenvalue weighted by Gasteiger charge is 2.38. The van der Waals surface area contributed by atoms with Crippen molar-refractivity contribution in [3.8, 4) is 5.75 Å². The molecule has 0 spiro atoms. The molecule has 0 saturated carbocycles. The summed E-state index contributed by atoms with van der Waals surface area (Å²) in [6.45, 7) is 1.01. The normalized spacial score (nSPS) is 16.2. The van der Waals surface area contributed by atoms with Crippen molar-refractivity contribution in [1.29, 1.82) is 0 Å². The van der Waals surface area contributed by atoms with Crippen LogP contribution in [0.3, 0.4) is 0 Å². The number of aromatic amines is 1. The number of H-pyrrole nitrogens is 1. The Bertz CT molecular complexity index is 1020. The van der Waals surface area contributed by atoms with Crippen molar-refractivity contribution in [3.63, 3.8) is 0 Å². The predicted octanol–water partition coefficient (Wildman–Crippen LogP) is 1.94. The summed E-state index contributed by atoms with van der Waals surface area (Å²) >= 11 is 0. The summed E-state index contributed by atoms with van der Waals surface area (Å²) in [6, 6.07) is 5.58. The molecule has 1 saturated heterocycles. The van der Waals surface area contributed by atoms with Gasteiger partial charge in [-0.3, -0.25) is 14.5 Å². The third-order valence-electron chi connectivity index (χ3n) is 4.57. The molecule has 174 valence electrons. The Labute approximate surface area is 178 Å². The van der Waals surface area contributed by atoms with E-state index >= 15 is 0 Å². The van der Waals surface area contributed by atoms with E-state index in [-0.39, 0.29) is 24.1 Å². The van der Waals surface area contributed by atoms with Crippen LogP contribution in [0, 0.1) is 5.82 Å². The third-order valence-corrected chi connectivity index (χ3v) is 4.57. The van der Waals surface area contributed by atoms with E-state index in [0.29, 0.717) is 11.4 Å². The second-order valence-corrected chi connectivity index (χ2v) is 6.90. The van der Waals surface area contributed by atoms with Gasteiger partial charge in [0.15, 0.2) is 5.69 Å². The quantitative estimate of drug-likeness (QED) is 0.512. The van der Waals surface area contributed by atoms with Crippen LogP contribution in [-0.2, 0) is 11.3 Å². The van der Waals surface area contributed by atoms with Crippen LogP contribution in [0.2, 0.25) is 0 Å². The van der Waals surface area contributed by atoms with E-state index in [1.54, 1.807) is 12.1 Å². The smallest absolute Gasteiger partial charge is 0.490 e. The number of aliphatic carboxylic acids is 1. The highest BCUT2D eigenvalue weighted by atomic mass is 19.4. The average molecular weight is 460 g/mol. The first-order valence-corrected chi connectivity index (χ1v) is 9.26. The van der Waals surface area contributed by atoms with Crippen molar-refractivity contribution in [2.45, 2.75) is 31.6 Å². The Kier molecular flexibility index (Phi) is 7.92. The van der Waals surface area contributed by atoms with Crippen LogP contribution in [0.15, 0.2) is 29.1 Å². The molecule has 1 atom stereocenters. The van der Waals surface area contributed by atoms with Crippen LogP contribution < -0.4 is 10.9 Å². The number of carboxylic acids is 1. The Morgan fingerprint density at radius 1 is 1.28 bits per heavy atom. The number of aromatic nitrogens is 2. The second-order valence-electron chi connectivity index (χ2n) is 6.90. The average Bonchev–Trinajstić information content (AvgIpc) is 3.15. The van der Waals surface area contributed by atoms with Gasteiger partial charge in [0.1, 0.15) is 11.6 Å². The molecule has 13 heteroatoms. The maximum absolute atomic E-state index is 12.9. The summed E-state index contributed by atoms with van der Waals surface area (Å²) in [5.41, 5.74) is -0.353. The summed E-state index contributed by atoms with van der Waals surface area (Å²) in [4.78, 5) is 41.9. The number of hydrogen-bond acceptors (Lipinski definition) is 6. The number of alkyl halides is 3. The molecule has 9 nitrogen and oxygen atoms in total. The molecule has 1 fully saturated rings. The minimum Gasteiger partial charge on any atom is -0.501 e. The molecule has 3 rings (SSSR count). The number of rotatable bonds is 4. The Morgan fingerprint density at radius 3 is 2.38 bits per heavy atom. The van der Waals surface area contributed by atoms with Crippen LogP contribution in [0.1, 0.15) is 40.8 Å². The fourth-order valence-corrected chi connectivity index (χ4v) is 2.92. The molecule has 0 bridgehead atoms. The lowest BCUT2D eigenvalue weighted by Crippen LogP contribution is -2.29. The molecule has 1 amide bonds. The maximum atomic E-state index is 12.9.